The van der Waals surface area contributed by atoms with Gasteiger partial charge in [0.15, 0.2) is 6.10 Å². The number of carbonyl (C=O) groups is 3. The Bertz CT molecular complexity index is 2130. The van der Waals surface area contributed by atoms with Gasteiger partial charge in [-0.25, -0.2) is 9.13 Å². The minimum Gasteiger partial charge on any atom is -0.463 e. The number of hydrogen-bond acceptors (Lipinski definition) is 14. The second kappa shape index (κ2) is 68.2. The van der Waals surface area contributed by atoms with Crippen LogP contribution in [-0.2, 0) is 55.8 Å². The van der Waals surface area contributed by atoms with Crippen molar-refractivity contribution in [1.29, 1.82) is 0 Å². The van der Waals surface area contributed by atoms with Gasteiger partial charge in [-0.2, -0.15) is 0 Å². The van der Waals surface area contributed by atoms with E-state index in [4.69, 9.17) is 32.3 Å². The van der Waals surface area contributed by atoms with E-state index in [2.05, 4.69) is 130 Å². The standard InChI is InChI=1S/C75H130O16P2/c1-4-7-10-13-16-19-22-25-27-28-29-30-31-32-33-34-35-36-37-38-39-40-42-45-46-49-52-55-58-61-73(78)85-64-70(76)65-87-92(81,82)88-66-71(77)67-89-93(83,84)90-69-72(91-75(80)63-60-57-54-51-48-43-24-21-18-15-12-9-6-3)68-86-74(79)62-59-56-53-50-47-44-41-26-23-20-17-14-11-8-5-2/h7-8,10-11,16-17,19-20,25-27,29-30,32-33,35-36,41,70-72,76-77H,4-6,9,12-15,18,21-24,28,31,34,37-40,42-69H2,1-3H3,(H,81,82)(H,83,84)/b10-7-,11-8-,19-16-,20-17-,27-25-,30-29-,33-32-,36-35-,41-26-. The molecule has 4 N–H and O–H groups in total. The van der Waals surface area contributed by atoms with E-state index in [9.17, 15) is 43.5 Å². The quantitative estimate of drug-likeness (QED) is 0.0146. The average Bonchev–Trinajstić information content (AvgIpc) is 2.91. The summed E-state index contributed by atoms with van der Waals surface area (Å²) in [5, 5.41) is 20.6. The van der Waals surface area contributed by atoms with Gasteiger partial charge in [0, 0.05) is 19.3 Å². The molecule has 0 amide bonds. The van der Waals surface area contributed by atoms with E-state index in [1.54, 1.807) is 0 Å². The summed E-state index contributed by atoms with van der Waals surface area (Å²) < 4.78 is 60.9. The molecule has 0 saturated carbocycles. The summed E-state index contributed by atoms with van der Waals surface area (Å²) in [4.78, 5) is 58.4. The van der Waals surface area contributed by atoms with E-state index >= 15 is 0 Å². The molecular formula is C75H130O16P2. The SMILES string of the molecule is CC/C=C\C/C=C\C/C=C\C/C=C\C/C=C\C/C=C\CCCCCCCCCCCCC(=O)OCC(O)COP(=O)(O)OCC(O)COP(=O)(O)OCC(COC(=O)CCCCCCC/C=C\C/C=C\C/C=C\CC)OC(=O)CCCCCCCCCCCCCCC. The molecule has 5 unspecified atom stereocenters. The molecule has 16 nitrogen and oxygen atoms in total. The molecule has 0 aromatic heterocycles. The second-order valence-corrected chi connectivity index (χ2v) is 26.9. The Morgan fingerprint density at radius 2 is 0.570 bits per heavy atom. The number of hydrogen-bond donors (Lipinski definition) is 4. The number of phosphoric ester groups is 2. The zero-order chi connectivity index (χ0) is 68.1. The van der Waals surface area contributed by atoms with Gasteiger partial charge in [-0.15, -0.1) is 0 Å². The fraction of sp³-hybridized carbons (Fsp3) is 0.720. The maximum absolute atomic E-state index is 12.9. The third-order valence-corrected chi connectivity index (χ3v) is 16.9. The van der Waals surface area contributed by atoms with Crippen LogP contribution in [0.1, 0.15) is 290 Å². The van der Waals surface area contributed by atoms with Crippen molar-refractivity contribution in [2.24, 2.45) is 0 Å². The van der Waals surface area contributed by atoms with Crippen molar-refractivity contribution in [3.8, 4) is 0 Å². The Morgan fingerprint density at radius 3 is 0.903 bits per heavy atom. The van der Waals surface area contributed by atoms with Crippen LogP contribution in [0.3, 0.4) is 0 Å². The lowest BCUT2D eigenvalue weighted by Gasteiger charge is -2.21. The molecule has 0 aliphatic carbocycles. The molecule has 536 valence electrons. The fourth-order valence-corrected chi connectivity index (χ4v) is 11.1. The van der Waals surface area contributed by atoms with Gasteiger partial charge in [0.2, 0.25) is 0 Å². The number of aliphatic hydroxyl groups excluding tert-OH is 2. The Morgan fingerprint density at radius 1 is 0.312 bits per heavy atom. The average molecular weight is 1350 g/mol. The van der Waals surface area contributed by atoms with E-state index in [0.29, 0.717) is 19.3 Å². The summed E-state index contributed by atoms with van der Waals surface area (Å²) in [6.07, 6.45) is 77.2. The monoisotopic (exact) mass is 1350 g/mol. The molecule has 0 fully saturated rings. The maximum Gasteiger partial charge on any atom is 0.472 e. The van der Waals surface area contributed by atoms with Crippen LogP contribution in [0.25, 0.3) is 0 Å². The van der Waals surface area contributed by atoms with Crippen molar-refractivity contribution in [2.75, 3.05) is 39.6 Å². The third-order valence-electron chi connectivity index (χ3n) is 15.0. The molecule has 0 aromatic rings. The number of rotatable bonds is 68. The summed E-state index contributed by atoms with van der Waals surface area (Å²) in [6, 6.07) is 0. The first-order chi connectivity index (χ1) is 45.2. The lowest BCUT2D eigenvalue weighted by atomic mass is 10.0. The second-order valence-electron chi connectivity index (χ2n) is 24.0. The van der Waals surface area contributed by atoms with Crippen molar-refractivity contribution < 1.29 is 75.8 Å². The largest absolute Gasteiger partial charge is 0.472 e. The van der Waals surface area contributed by atoms with Gasteiger partial charge in [-0.1, -0.05) is 278 Å². The molecule has 0 saturated heterocycles. The number of esters is 3. The van der Waals surface area contributed by atoms with Crippen LogP contribution in [0.15, 0.2) is 109 Å². The minimum atomic E-state index is -4.92. The maximum atomic E-state index is 12.9. The summed E-state index contributed by atoms with van der Waals surface area (Å²) in [7, 11) is -9.78. The Labute approximate surface area is 564 Å². The lowest BCUT2D eigenvalue weighted by molar-refractivity contribution is -0.161. The first kappa shape index (κ1) is 89.2. The molecule has 93 heavy (non-hydrogen) atoms. The Hall–Kier alpha value is -3.79. The van der Waals surface area contributed by atoms with Gasteiger partial charge in [0.05, 0.1) is 26.4 Å². The van der Waals surface area contributed by atoms with Gasteiger partial charge >= 0.3 is 33.6 Å². The Balaban J connectivity index is 4.47. The molecule has 0 aliphatic heterocycles. The van der Waals surface area contributed by atoms with Gasteiger partial charge in [-0.05, 0) is 103 Å². The summed E-state index contributed by atoms with van der Waals surface area (Å²) in [6.45, 7) is 2.43. The summed E-state index contributed by atoms with van der Waals surface area (Å²) in [5.74, 6) is -1.59. The minimum absolute atomic E-state index is 0.103. The highest BCUT2D eigenvalue weighted by Crippen LogP contribution is 2.45. The van der Waals surface area contributed by atoms with E-state index in [0.717, 1.165) is 148 Å². The van der Waals surface area contributed by atoms with Gasteiger partial charge in [0.1, 0.15) is 25.4 Å². The molecule has 0 radical (unpaired) electrons. The molecule has 0 aromatic carbocycles. The van der Waals surface area contributed by atoms with Crippen LogP contribution < -0.4 is 0 Å². The van der Waals surface area contributed by atoms with Crippen LogP contribution in [0.5, 0.6) is 0 Å². The number of allylic oxidation sites excluding steroid dienone is 18. The molecule has 0 bridgehead atoms. The normalized spacial score (nSPS) is 14.8. The fourth-order valence-electron chi connectivity index (χ4n) is 9.53. The topological polar surface area (TPSA) is 231 Å². The van der Waals surface area contributed by atoms with Crippen LogP contribution in [0, 0.1) is 0 Å². The van der Waals surface area contributed by atoms with Crippen LogP contribution in [0.4, 0.5) is 0 Å². The van der Waals surface area contributed by atoms with Crippen LogP contribution in [-0.4, -0.2) is 95.9 Å². The lowest BCUT2D eigenvalue weighted by Crippen LogP contribution is -2.30. The van der Waals surface area contributed by atoms with E-state index < -0.39 is 91.5 Å². The Kier molecular flexibility index (Phi) is 65.4. The van der Waals surface area contributed by atoms with E-state index in [1.807, 2.05) is 0 Å². The predicted molar refractivity (Wildman–Crippen MR) is 380 cm³/mol. The zero-order valence-electron chi connectivity index (χ0n) is 58.1. The number of phosphoric acid groups is 2. The van der Waals surface area contributed by atoms with Crippen molar-refractivity contribution in [3.05, 3.63) is 109 Å². The van der Waals surface area contributed by atoms with Crippen LogP contribution in [0.2, 0.25) is 0 Å². The number of aliphatic hydroxyl groups is 2. The van der Waals surface area contributed by atoms with Crippen LogP contribution >= 0.6 is 15.6 Å². The van der Waals surface area contributed by atoms with Crippen molar-refractivity contribution >= 4 is 33.6 Å². The number of unbranched alkanes of at least 4 members (excludes halogenated alkanes) is 27. The highest BCUT2D eigenvalue weighted by Gasteiger charge is 2.29. The molecule has 18 heteroatoms. The highest BCUT2D eigenvalue weighted by molar-refractivity contribution is 7.47. The molecule has 0 rings (SSSR count). The smallest absolute Gasteiger partial charge is 0.463 e. The first-order valence-corrected chi connectivity index (χ1v) is 39.2. The molecular weight excluding hydrogens is 1220 g/mol. The van der Waals surface area contributed by atoms with Crippen molar-refractivity contribution in [3.63, 3.8) is 0 Å². The molecule has 0 heterocycles. The third kappa shape index (κ3) is 69.4. The zero-order valence-corrected chi connectivity index (χ0v) is 59.9. The highest BCUT2D eigenvalue weighted by atomic mass is 31.2. The molecule has 0 aliphatic rings. The van der Waals surface area contributed by atoms with Crippen molar-refractivity contribution in [2.45, 2.75) is 309 Å². The first-order valence-electron chi connectivity index (χ1n) is 36.2. The van der Waals surface area contributed by atoms with E-state index in [1.165, 1.54) is 83.5 Å². The number of ether oxygens (including phenoxy) is 3. The van der Waals surface area contributed by atoms with Crippen molar-refractivity contribution in [1.82, 2.24) is 0 Å². The summed E-state index contributed by atoms with van der Waals surface area (Å²) >= 11 is 0. The summed E-state index contributed by atoms with van der Waals surface area (Å²) in [5.41, 5.74) is 0. The van der Waals surface area contributed by atoms with E-state index in [-0.39, 0.29) is 19.3 Å². The molecule has 5 atom stereocenters. The van der Waals surface area contributed by atoms with Gasteiger partial charge in [-0.3, -0.25) is 32.5 Å². The predicted octanol–water partition coefficient (Wildman–Crippen LogP) is 20.4. The van der Waals surface area contributed by atoms with Gasteiger partial charge < -0.3 is 34.2 Å². The number of carbonyl (C=O) groups excluding carboxylic acids is 3. The molecule has 0 spiro atoms. The van der Waals surface area contributed by atoms with Gasteiger partial charge in [0.25, 0.3) is 0 Å².